The number of hydrogen-bond donors (Lipinski definition) is 1. The predicted octanol–water partition coefficient (Wildman–Crippen LogP) is 4.72. The smallest absolute Gasteiger partial charge is 0.254 e. The van der Waals surface area contributed by atoms with Gasteiger partial charge in [-0.3, -0.25) is 4.79 Å². The maximum atomic E-state index is 13.9. The third-order valence-corrected chi connectivity index (χ3v) is 8.57. The molecule has 2 heterocycles. The van der Waals surface area contributed by atoms with Gasteiger partial charge in [0.2, 0.25) is 11.8 Å². The van der Waals surface area contributed by atoms with Gasteiger partial charge in [-0.15, -0.1) is 16.1 Å². The van der Waals surface area contributed by atoms with E-state index in [-0.39, 0.29) is 34.2 Å². The molecule has 4 aromatic rings. The van der Waals surface area contributed by atoms with E-state index in [2.05, 4.69) is 22.0 Å². The molecule has 9 nitrogen and oxygen atoms in total. The Morgan fingerprint density at radius 1 is 1.12 bits per heavy atom. The zero-order chi connectivity index (χ0) is 30.8. The molecule has 1 fully saturated rings. The van der Waals surface area contributed by atoms with Crippen LogP contribution in [0.5, 0.6) is 0 Å². The molecule has 218 valence electrons. The van der Waals surface area contributed by atoms with Crippen LogP contribution in [0.3, 0.4) is 0 Å². The van der Waals surface area contributed by atoms with Crippen LogP contribution in [0.1, 0.15) is 54.1 Å². The van der Waals surface area contributed by atoms with Crippen molar-refractivity contribution in [2.75, 3.05) is 12.8 Å². The van der Waals surface area contributed by atoms with Crippen LogP contribution in [-0.2, 0) is 21.8 Å². The summed E-state index contributed by atoms with van der Waals surface area (Å²) < 4.78 is 31.1. The van der Waals surface area contributed by atoms with E-state index in [0.717, 1.165) is 24.7 Å². The molecule has 0 spiro atoms. The summed E-state index contributed by atoms with van der Waals surface area (Å²) in [6.45, 7) is 4.11. The van der Waals surface area contributed by atoms with Crippen LogP contribution in [0.25, 0.3) is 22.6 Å². The number of benzene rings is 3. The first-order valence-electron chi connectivity index (χ1n) is 13.8. The fourth-order valence-corrected chi connectivity index (χ4v) is 6.24. The lowest BCUT2D eigenvalue weighted by atomic mass is 9.94. The van der Waals surface area contributed by atoms with Crippen molar-refractivity contribution in [3.8, 4) is 40.5 Å². The molecular formula is C33H31N5O4S. The number of carbonyl (C=O) groups is 1. The molecule has 0 saturated carbocycles. The number of amides is 1. The van der Waals surface area contributed by atoms with Crippen LogP contribution in [0, 0.1) is 23.2 Å². The molecular weight excluding hydrogens is 562 g/mol. The normalized spacial score (nSPS) is 16.2. The van der Waals surface area contributed by atoms with Gasteiger partial charge in [0.05, 0.1) is 22.0 Å². The number of sulfone groups is 1. The number of carbonyl (C=O) groups excluding carboxylic acids is 1. The molecule has 0 bridgehead atoms. The van der Waals surface area contributed by atoms with Gasteiger partial charge >= 0.3 is 0 Å². The van der Waals surface area contributed by atoms with Gasteiger partial charge in [0.25, 0.3) is 5.91 Å². The first-order chi connectivity index (χ1) is 20.5. The number of hydrogen-bond acceptors (Lipinski definition) is 8. The van der Waals surface area contributed by atoms with Gasteiger partial charge in [0.15, 0.2) is 9.84 Å². The van der Waals surface area contributed by atoms with Crippen molar-refractivity contribution in [1.82, 2.24) is 15.1 Å². The average molecular weight is 594 g/mol. The van der Waals surface area contributed by atoms with Gasteiger partial charge in [-0.1, -0.05) is 48.4 Å². The molecule has 5 rings (SSSR count). The molecule has 1 saturated heterocycles. The predicted molar refractivity (Wildman–Crippen MR) is 162 cm³/mol. The van der Waals surface area contributed by atoms with E-state index in [4.69, 9.17) is 10.2 Å². The summed E-state index contributed by atoms with van der Waals surface area (Å²) in [5.74, 6) is 6.14. The van der Waals surface area contributed by atoms with E-state index >= 15 is 0 Å². The van der Waals surface area contributed by atoms with Crippen molar-refractivity contribution in [3.05, 3.63) is 89.3 Å². The van der Waals surface area contributed by atoms with Gasteiger partial charge in [-0.2, -0.15) is 5.26 Å². The number of likely N-dealkylation sites (tertiary alicyclic amines) is 1. The molecule has 1 aromatic heterocycles. The minimum Gasteiger partial charge on any atom is -0.419 e. The fraction of sp³-hybridized carbons (Fsp3) is 0.273. The summed E-state index contributed by atoms with van der Waals surface area (Å²) in [7, 11) is -3.70. The van der Waals surface area contributed by atoms with Crippen molar-refractivity contribution in [1.29, 1.82) is 5.26 Å². The minimum atomic E-state index is -3.70. The van der Waals surface area contributed by atoms with Crippen molar-refractivity contribution in [2.45, 2.75) is 49.6 Å². The molecule has 3 aromatic carbocycles. The van der Waals surface area contributed by atoms with Crippen LogP contribution < -0.4 is 5.73 Å². The maximum Gasteiger partial charge on any atom is 0.254 e. The van der Waals surface area contributed by atoms with Crippen LogP contribution in [-0.4, -0.2) is 48.3 Å². The summed E-state index contributed by atoms with van der Waals surface area (Å²) in [5, 5.41) is 18.5. The van der Waals surface area contributed by atoms with Crippen LogP contribution in [0.15, 0.2) is 76.0 Å². The maximum absolute atomic E-state index is 13.9. The highest BCUT2D eigenvalue weighted by atomic mass is 32.2. The summed E-state index contributed by atoms with van der Waals surface area (Å²) >= 11 is 0. The minimum absolute atomic E-state index is 0.0138. The Morgan fingerprint density at radius 2 is 1.86 bits per heavy atom. The Bertz CT molecular complexity index is 1900. The standard InChI is InChI=1S/C33H31N5O4S/c1-4-10-26-13-9-16-38(26)31(39)25-18-23(27-14-8-15-29(28(27)21-34)43(3,40)41)17-24(19-25)30-36-37-32(42-30)33(2,35)20-22-11-6-5-7-12-22/h5-8,11-12,14-15,17-19,26H,9,13,16,20,35H2,1-3H3/t26?,33-/m1/s1. The molecule has 1 aliphatic rings. The van der Waals surface area contributed by atoms with E-state index in [1.54, 1.807) is 49.1 Å². The topological polar surface area (TPSA) is 143 Å². The lowest BCUT2D eigenvalue weighted by Crippen LogP contribution is -2.35. The van der Waals surface area contributed by atoms with Crippen LogP contribution in [0.2, 0.25) is 0 Å². The van der Waals surface area contributed by atoms with Crippen LogP contribution in [0.4, 0.5) is 0 Å². The van der Waals surface area contributed by atoms with Crippen molar-refractivity contribution >= 4 is 15.7 Å². The third-order valence-electron chi connectivity index (χ3n) is 7.43. The second-order valence-corrected chi connectivity index (χ2v) is 12.9. The quantitative estimate of drug-likeness (QED) is 0.303. The summed E-state index contributed by atoms with van der Waals surface area (Å²) in [6, 6.07) is 21.2. The van der Waals surface area contributed by atoms with E-state index in [1.165, 1.54) is 6.07 Å². The van der Waals surface area contributed by atoms with Gasteiger partial charge in [0, 0.05) is 29.5 Å². The lowest BCUT2D eigenvalue weighted by molar-refractivity contribution is 0.0766. The SMILES string of the molecule is CC#CC1CCCN1C(=O)c1cc(-c2nnc([C@](C)(N)Cc3ccccc3)o2)cc(-c2cccc(S(C)(=O)=O)c2C#N)c1. The largest absolute Gasteiger partial charge is 0.419 e. The van der Waals surface area contributed by atoms with E-state index in [9.17, 15) is 18.5 Å². The molecule has 2 N–H and O–H groups in total. The second-order valence-electron chi connectivity index (χ2n) is 10.9. The molecule has 10 heteroatoms. The highest BCUT2D eigenvalue weighted by Crippen LogP contribution is 2.34. The lowest BCUT2D eigenvalue weighted by Gasteiger charge is -2.22. The van der Waals surface area contributed by atoms with Crippen LogP contribution >= 0.6 is 0 Å². The first-order valence-corrected chi connectivity index (χ1v) is 15.7. The highest BCUT2D eigenvalue weighted by molar-refractivity contribution is 7.90. The van der Waals surface area contributed by atoms with E-state index in [0.29, 0.717) is 35.2 Å². The summed E-state index contributed by atoms with van der Waals surface area (Å²) in [5.41, 5.74) is 8.22. The summed E-state index contributed by atoms with van der Waals surface area (Å²) in [6.07, 6.45) is 3.12. The van der Waals surface area contributed by atoms with Gasteiger partial charge < -0.3 is 15.1 Å². The van der Waals surface area contributed by atoms with Crippen molar-refractivity contribution in [3.63, 3.8) is 0 Å². The van der Waals surface area contributed by atoms with Gasteiger partial charge in [0.1, 0.15) is 6.07 Å². The van der Waals surface area contributed by atoms with Gasteiger partial charge in [-0.05, 0) is 68.5 Å². The number of aromatic nitrogens is 2. The Balaban J connectivity index is 1.63. The molecule has 0 aliphatic carbocycles. The number of nitriles is 1. The average Bonchev–Trinajstić information content (AvgIpc) is 3.67. The fourth-order valence-electron chi connectivity index (χ4n) is 5.38. The first kappa shape index (κ1) is 29.7. The number of nitrogens with zero attached hydrogens (tertiary/aromatic N) is 4. The van der Waals surface area contributed by atoms with E-state index < -0.39 is 15.4 Å². The number of rotatable bonds is 7. The Hall–Kier alpha value is -4.77. The van der Waals surface area contributed by atoms with E-state index in [1.807, 2.05) is 36.4 Å². The summed E-state index contributed by atoms with van der Waals surface area (Å²) in [4.78, 5) is 15.5. The molecule has 1 unspecified atom stereocenters. The number of nitrogens with two attached hydrogens (primary N) is 1. The Morgan fingerprint density at radius 3 is 2.56 bits per heavy atom. The molecule has 1 aliphatic heterocycles. The van der Waals surface area contributed by atoms with Crippen molar-refractivity contribution in [2.24, 2.45) is 5.73 Å². The third kappa shape index (κ3) is 6.21. The zero-order valence-electron chi connectivity index (χ0n) is 24.2. The molecule has 2 atom stereocenters. The highest BCUT2D eigenvalue weighted by Gasteiger charge is 2.31. The Labute approximate surface area is 251 Å². The van der Waals surface area contributed by atoms with Crippen molar-refractivity contribution < 1.29 is 17.6 Å². The zero-order valence-corrected chi connectivity index (χ0v) is 25.0. The Kier molecular flexibility index (Phi) is 8.19. The second kappa shape index (κ2) is 11.8. The molecule has 0 radical (unpaired) electrons. The van der Waals surface area contributed by atoms with Gasteiger partial charge in [-0.25, -0.2) is 8.42 Å². The molecule has 1 amide bonds. The monoisotopic (exact) mass is 593 g/mol. The molecule has 43 heavy (non-hydrogen) atoms.